The lowest BCUT2D eigenvalue weighted by atomic mass is 10.0. The molecule has 0 saturated heterocycles. The zero-order chi connectivity index (χ0) is 8.43. The fourth-order valence-corrected chi connectivity index (χ4v) is 1.61. The van der Waals surface area contributed by atoms with Gasteiger partial charge >= 0.3 is 0 Å². The molecule has 1 saturated carbocycles. The SMILES string of the molecule is C=CC(=O)[C@@H]1C[C@H]1CC(C)C. The fraction of sp³-hybridized carbons (Fsp3) is 0.700. The zero-order valence-electron chi connectivity index (χ0n) is 7.34. The number of carbonyl (C=O) groups is 1. The summed E-state index contributed by atoms with van der Waals surface area (Å²) in [6.07, 6.45) is 3.76. The van der Waals surface area contributed by atoms with E-state index in [9.17, 15) is 4.79 Å². The summed E-state index contributed by atoms with van der Waals surface area (Å²) >= 11 is 0. The van der Waals surface area contributed by atoms with Gasteiger partial charge in [0.25, 0.3) is 0 Å². The second-order valence-electron chi connectivity index (χ2n) is 3.84. The van der Waals surface area contributed by atoms with E-state index < -0.39 is 0 Å². The van der Waals surface area contributed by atoms with Gasteiger partial charge in [-0.25, -0.2) is 0 Å². The standard InChI is InChI=1S/C10H16O/c1-4-10(11)9-6-8(9)5-7(2)3/h4,7-9H,1,5-6H2,2-3H3/t8-,9-/m1/s1. The lowest BCUT2D eigenvalue weighted by molar-refractivity contribution is -0.116. The third-order valence-electron chi connectivity index (χ3n) is 2.26. The van der Waals surface area contributed by atoms with Gasteiger partial charge in [0.1, 0.15) is 0 Å². The van der Waals surface area contributed by atoms with E-state index in [0.717, 1.165) is 12.3 Å². The van der Waals surface area contributed by atoms with Crippen molar-refractivity contribution >= 4 is 5.78 Å². The van der Waals surface area contributed by atoms with Gasteiger partial charge < -0.3 is 0 Å². The number of hydrogen-bond donors (Lipinski definition) is 0. The first kappa shape index (κ1) is 8.51. The zero-order valence-corrected chi connectivity index (χ0v) is 7.34. The predicted octanol–water partition coefficient (Wildman–Crippen LogP) is 2.42. The van der Waals surface area contributed by atoms with Gasteiger partial charge in [0.15, 0.2) is 5.78 Å². The Bertz CT molecular complexity index is 170. The van der Waals surface area contributed by atoms with E-state index in [1.807, 2.05) is 0 Å². The molecule has 0 N–H and O–H groups in total. The number of allylic oxidation sites excluding steroid dienone is 1. The van der Waals surface area contributed by atoms with Gasteiger partial charge in [0.2, 0.25) is 0 Å². The molecule has 0 aliphatic heterocycles. The van der Waals surface area contributed by atoms with Crippen molar-refractivity contribution in [3.8, 4) is 0 Å². The van der Waals surface area contributed by atoms with Crippen molar-refractivity contribution in [2.24, 2.45) is 17.8 Å². The van der Waals surface area contributed by atoms with Crippen LogP contribution in [0.15, 0.2) is 12.7 Å². The monoisotopic (exact) mass is 152 g/mol. The molecule has 0 aromatic heterocycles. The van der Waals surface area contributed by atoms with Crippen molar-refractivity contribution in [1.82, 2.24) is 0 Å². The van der Waals surface area contributed by atoms with Crippen molar-refractivity contribution in [1.29, 1.82) is 0 Å². The number of rotatable bonds is 4. The first-order valence-electron chi connectivity index (χ1n) is 4.31. The molecule has 0 bridgehead atoms. The summed E-state index contributed by atoms with van der Waals surface area (Å²) < 4.78 is 0. The summed E-state index contributed by atoms with van der Waals surface area (Å²) in [5.41, 5.74) is 0. The van der Waals surface area contributed by atoms with Gasteiger partial charge in [0.05, 0.1) is 0 Å². The van der Waals surface area contributed by atoms with Crippen molar-refractivity contribution in [3.05, 3.63) is 12.7 Å². The minimum Gasteiger partial charge on any atom is -0.295 e. The highest BCUT2D eigenvalue weighted by molar-refractivity contribution is 5.93. The van der Waals surface area contributed by atoms with Gasteiger partial charge in [-0.05, 0) is 30.8 Å². The molecule has 2 atom stereocenters. The molecule has 62 valence electrons. The van der Waals surface area contributed by atoms with Gasteiger partial charge in [-0.15, -0.1) is 0 Å². The number of carbonyl (C=O) groups excluding carboxylic acids is 1. The summed E-state index contributed by atoms with van der Waals surface area (Å²) in [6, 6.07) is 0. The highest BCUT2D eigenvalue weighted by Crippen LogP contribution is 2.43. The molecule has 0 aromatic rings. The molecule has 1 rings (SSSR count). The number of hydrogen-bond acceptors (Lipinski definition) is 1. The summed E-state index contributed by atoms with van der Waals surface area (Å²) in [5.74, 6) is 1.97. The van der Waals surface area contributed by atoms with Crippen molar-refractivity contribution in [2.45, 2.75) is 26.7 Å². The minimum atomic E-state index is 0.246. The normalized spacial score (nSPS) is 28.6. The van der Waals surface area contributed by atoms with Gasteiger partial charge in [-0.1, -0.05) is 20.4 Å². The average Bonchev–Trinajstić information content (AvgIpc) is 2.65. The van der Waals surface area contributed by atoms with Crippen LogP contribution in [-0.4, -0.2) is 5.78 Å². The second-order valence-corrected chi connectivity index (χ2v) is 3.84. The van der Waals surface area contributed by atoms with Crippen LogP contribution >= 0.6 is 0 Å². The molecule has 1 aliphatic carbocycles. The Balaban J connectivity index is 2.26. The molecule has 1 aliphatic rings. The molecule has 0 heterocycles. The van der Waals surface area contributed by atoms with E-state index in [1.165, 1.54) is 12.5 Å². The van der Waals surface area contributed by atoms with E-state index in [4.69, 9.17) is 0 Å². The molecule has 0 radical (unpaired) electrons. The van der Waals surface area contributed by atoms with Crippen LogP contribution in [-0.2, 0) is 4.79 Å². The highest BCUT2D eigenvalue weighted by atomic mass is 16.1. The maximum Gasteiger partial charge on any atom is 0.158 e. The van der Waals surface area contributed by atoms with E-state index in [2.05, 4.69) is 20.4 Å². The van der Waals surface area contributed by atoms with Gasteiger partial charge in [0, 0.05) is 5.92 Å². The van der Waals surface area contributed by atoms with Crippen LogP contribution < -0.4 is 0 Å². The molecule has 1 heteroatoms. The highest BCUT2D eigenvalue weighted by Gasteiger charge is 2.41. The molecular weight excluding hydrogens is 136 g/mol. The quantitative estimate of drug-likeness (QED) is 0.565. The Kier molecular flexibility index (Phi) is 2.48. The lowest BCUT2D eigenvalue weighted by Gasteiger charge is -2.00. The Morgan fingerprint density at radius 3 is 2.82 bits per heavy atom. The van der Waals surface area contributed by atoms with Crippen molar-refractivity contribution in [2.75, 3.05) is 0 Å². The van der Waals surface area contributed by atoms with Crippen molar-refractivity contribution in [3.63, 3.8) is 0 Å². The van der Waals surface area contributed by atoms with Gasteiger partial charge in [-0.2, -0.15) is 0 Å². The largest absolute Gasteiger partial charge is 0.295 e. The van der Waals surface area contributed by atoms with Crippen LogP contribution in [0.25, 0.3) is 0 Å². The van der Waals surface area contributed by atoms with Gasteiger partial charge in [-0.3, -0.25) is 4.79 Å². The van der Waals surface area contributed by atoms with E-state index in [1.54, 1.807) is 0 Å². The molecule has 11 heavy (non-hydrogen) atoms. The van der Waals surface area contributed by atoms with Crippen LogP contribution in [0.2, 0.25) is 0 Å². The number of ketones is 1. The maximum absolute atomic E-state index is 11.0. The predicted molar refractivity (Wildman–Crippen MR) is 46.3 cm³/mol. The Hall–Kier alpha value is -0.590. The Morgan fingerprint density at radius 2 is 2.36 bits per heavy atom. The van der Waals surface area contributed by atoms with Crippen LogP contribution in [0.4, 0.5) is 0 Å². The van der Waals surface area contributed by atoms with Crippen LogP contribution in [0.1, 0.15) is 26.7 Å². The third kappa shape index (κ3) is 2.18. The second kappa shape index (κ2) is 3.21. The molecule has 0 amide bonds. The topological polar surface area (TPSA) is 17.1 Å². The summed E-state index contributed by atoms with van der Waals surface area (Å²) in [5, 5.41) is 0. The maximum atomic E-state index is 11.0. The molecule has 0 aromatic carbocycles. The average molecular weight is 152 g/mol. The summed E-state index contributed by atoms with van der Waals surface area (Å²) in [4.78, 5) is 11.0. The fourth-order valence-electron chi connectivity index (χ4n) is 1.61. The molecule has 1 nitrogen and oxygen atoms in total. The van der Waals surface area contributed by atoms with Crippen LogP contribution in [0, 0.1) is 17.8 Å². The smallest absolute Gasteiger partial charge is 0.158 e. The van der Waals surface area contributed by atoms with E-state index >= 15 is 0 Å². The third-order valence-corrected chi connectivity index (χ3v) is 2.26. The Morgan fingerprint density at radius 1 is 1.73 bits per heavy atom. The summed E-state index contributed by atoms with van der Waals surface area (Å²) in [7, 11) is 0. The molecule has 1 fully saturated rings. The lowest BCUT2D eigenvalue weighted by Crippen LogP contribution is -1.99. The van der Waals surface area contributed by atoms with E-state index in [-0.39, 0.29) is 5.78 Å². The van der Waals surface area contributed by atoms with Crippen molar-refractivity contribution < 1.29 is 4.79 Å². The van der Waals surface area contributed by atoms with E-state index in [0.29, 0.717) is 11.8 Å². The first-order chi connectivity index (χ1) is 5.15. The molecular formula is C10H16O. The molecule has 0 unspecified atom stereocenters. The van der Waals surface area contributed by atoms with Crippen LogP contribution in [0.5, 0.6) is 0 Å². The van der Waals surface area contributed by atoms with Crippen LogP contribution in [0.3, 0.4) is 0 Å². The Labute approximate surface area is 68.5 Å². The molecule has 0 spiro atoms. The summed E-state index contributed by atoms with van der Waals surface area (Å²) in [6.45, 7) is 7.89. The minimum absolute atomic E-state index is 0.246. The first-order valence-corrected chi connectivity index (χ1v) is 4.31.